The number of esters is 1. The number of carbonyl (C=O) groups excluding carboxylic acids is 3. The number of aromatic nitrogens is 7. The van der Waals surface area contributed by atoms with E-state index in [0.717, 1.165) is 16.6 Å². The number of halogens is 3. The predicted molar refractivity (Wildman–Crippen MR) is 213 cm³/mol. The molecule has 312 valence electrons. The first kappa shape index (κ1) is 40.2. The van der Waals surface area contributed by atoms with Crippen molar-refractivity contribution >= 4 is 51.7 Å². The van der Waals surface area contributed by atoms with E-state index in [4.69, 9.17) is 14.7 Å². The molecule has 2 fully saturated rings. The second-order valence-electron chi connectivity index (χ2n) is 15.0. The third kappa shape index (κ3) is 8.16. The summed E-state index contributed by atoms with van der Waals surface area (Å²) >= 11 is 0. The standard InChI is InChI=1S/C41H42F3N11O5/c1-3-32(56)48-29-19-31(34(57)35(29)60-39(59)41(42,43)44)55-22-46-33-36(45-20-27(23-10-6-4-7-11-23)24-12-8-5-9-13-24)49-40(50-37(33)55)54-17-16-26(21-54)47-38(58)25-14-15-30-28(18-25)51-52-53(30)2/h4-15,18,22,26-27,29,31,34-35,57H,3,16-17,19-21H2,1-2H3,(H,47,58)(H,48,56)(H,45,49,50)/t26-,29+,31-,34+,35-/m1/s1. The van der Waals surface area contributed by atoms with Crippen LogP contribution >= 0.6 is 0 Å². The molecule has 3 aromatic heterocycles. The van der Waals surface area contributed by atoms with Crippen LogP contribution in [0.2, 0.25) is 0 Å². The Morgan fingerprint density at radius 2 is 1.70 bits per heavy atom. The van der Waals surface area contributed by atoms with Crippen molar-refractivity contribution in [2.45, 2.75) is 68.6 Å². The van der Waals surface area contributed by atoms with Crippen LogP contribution in [0.3, 0.4) is 0 Å². The maximum atomic E-state index is 13.4. The molecule has 2 amide bonds. The Kier molecular flexibility index (Phi) is 11.1. The zero-order valence-electron chi connectivity index (χ0n) is 32.6. The molecule has 16 nitrogen and oxygen atoms in total. The first-order valence-electron chi connectivity index (χ1n) is 19.6. The minimum atomic E-state index is -5.32. The lowest BCUT2D eigenvalue weighted by Crippen LogP contribution is -2.47. The number of imidazole rings is 1. The summed E-state index contributed by atoms with van der Waals surface area (Å²) in [6.45, 7) is 2.77. The monoisotopic (exact) mass is 825 g/mol. The minimum absolute atomic E-state index is 0.0119. The van der Waals surface area contributed by atoms with Gasteiger partial charge in [-0.15, -0.1) is 5.10 Å². The van der Waals surface area contributed by atoms with E-state index < -0.39 is 42.3 Å². The molecule has 2 aliphatic rings. The largest absolute Gasteiger partial charge is 0.490 e. The van der Waals surface area contributed by atoms with Crippen LogP contribution in [-0.4, -0.2) is 108 Å². The van der Waals surface area contributed by atoms with E-state index in [0.29, 0.717) is 48.5 Å². The number of amides is 2. The Balaban J connectivity index is 1.12. The number of nitrogens with zero attached hydrogens (tertiary/aromatic N) is 8. The molecule has 1 saturated heterocycles. The summed E-state index contributed by atoms with van der Waals surface area (Å²) < 4.78 is 48.1. The van der Waals surface area contributed by atoms with Crippen LogP contribution in [0.15, 0.2) is 85.2 Å². The smallest absolute Gasteiger partial charge is 0.451 e. The number of hydrogen-bond donors (Lipinski definition) is 4. The molecule has 0 radical (unpaired) electrons. The normalized spacial score (nSPS) is 20.5. The van der Waals surface area contributed by atoms with Crippen molar-refractivity contribution < 1.29 is 37.4 Å². The highest BCUT2D eigenvalue weighted by atomic mass is 19.4. The second-order valence-corrected chi connectivity index (χ2v) is 15.0. The van der Waals surface area contributed by atoms with Crippen molar-refractivity contribution in [3.63, 3.8) is 0 Å². The molecule has 4 N–H and O–H groups in total. The van der Waals surface area contributed by atoms with Gasteiger partial charge in [0.05, 0.1) is 23.9 Å². The number of ether oxygens (including phenoxy) is 1. The van der Waals surface area contributed by atoms with Crippen molar-refractivity contribution in [1.82, 2.24) is 45.1 Å². The minimum Gasteiger partial charge on any atom is -0.451 e. The van der Waals surface area contributed by atoms with Crippen molar-refractivity contribution in [3.8, 4) is 0 Å². The lowest BCUT2D eigenvalue weighted by Gasteiger charge is -2.24. The molecule has 1 saturated carbocycles. The predicted octanol–water partition coefficient (Wildman–Crippen LogP) is 4.04. The molecular weight excluding hydrogens is 784 g/mol. The molecule has 0 spiro atoms. The number of benzene rings is 3. The van der Waals surface area contributed by atoms with Gasteiger partial charge in [0.15, 0.2) is 23.1 Å². The highest BCUT2D eigenvalue weighted by Crippen LogP contribution is 2.38. The van der Waals surface area contributed by atoms with Gasteiger partial charge in [-0.3, -0.25) is 9.59 Å². The number of aryl methyl sites for hydroxylation is 1. The Morgan fingerprint density at radius 1 is 0.983 bits per heavy atom. The fourth-order valence-electron chi connectivity index (χ4n) is 7.98. The molecule has 0 unspecified atom stereocenters. The van der Waals surface area contributed by atoms with Crippen LogP contribution in [-0.2, 0) is 21.4 Å². The van der Waals surface area contributed by atoms with Crippen molar-refractivity contribution in [2.24, 2.45) is 7.05 Å². The van der Waals surface area contributed by atoms with Crippen molar-refractivity contribution in [1.29, 1.82) is 0 Å². The van der Waals surface area contributed by atoms with Crippen LogP contribution in [0.5, 0.6) is 0 Å². The van der Waals surface area contributed by atoms with Crippen LogP contribution < -0.4 is 20.9 Å². The average molecular weight is 826 g/mol. The third-order valence-corrected chi connectivity index (χ3v) is 11.1. The lowest BCUT2D eigenvalue weighted by atomic mass is 9.91. The number of carbonyl (C=O) groups is 3. The summed E-state index contributed by atoms with van der Waals surface area (Å²) in [5.74, 6) is -2.73. The fraction of sp³-hybridized carbons (Fsp3) is 0.366. The second kappa shape index (κ2) is 16.6. The van der Waals surface area contributed by atoms with E-state index >= 15 is 0 Å². The maximum absolute atomic E-state index is 13.4. The highest BCUT2D eigenvalue weighted by Gasteiger charge is 2.51. The Hall–Kier alpha value is -6.63. The summed E-state index contributed by atoms with van der Waals surface area (Å²) in [7, 11) is 1.77. The van der Waals surface area contributed by atoms with E-state index in [9.17, 15) is 32.7 Å². The number of fused-ring (bicyclic) bond motifs is 2. The zero-order valence-corrected chi connectivity index (χ0v) is 32.6. The van der Waals surface area contributed by atoms with Crippen LogP contribution in [0, 0.1) is 0 Å². The molecule has 1 aliphatic heterocycles. The van der Waals surface area contributed by atoms with Gasteiger partial charge in [-0.1, -0.05) is 72.8 Å². The van der Waals surface area contributed by atoms with E-state index in [1.54, 1.807) is 36.9 Å². The molecule has 3 aromatic carbocycles. The van der Waals surface area contributed by atoms with Gasteiger partial charge in [-0.25, -0.2) is 14.5 Å². The van der Waals surface area contributed by atoms with Crippen molar-refractivity contribution in [3.05, 3.63) is 102 Å². The molecule has 60 heavy (non-hydrogen) atoms. The fourth-order valence-corrected chi connectivity index (χ4v) is 7.98. The third-order valence-electron chi connectivity index (χ3n) is 11.1. The molecular formula is C41H42F3N11O5. The number of aliphatic hydroxyl groups excluding tert-OH is 1. The average Bonchev–Trinajstić information content (AvgIpc) is 4.05. The van der Waals surface area contributed by atoms with Gasteiger partial charge < -0.3 is 35.3 Å². The number of aliphatic hydroxyl groups is 1. The summed E-state index contributed by atoms with van der Waals surface area (Å²) in [6.07, 6.45) is -6.84. The van der Waals surface area contributed by atoms with Crippen LogP contribution in [0.4, 0.5) is 24.9 Å². The van der Waals surface area contributed by atoms with Crippen LogP contribution in [0.25, 0.3) is 22.2 Å². The summed E-state index contributed by atoms with van der Waals surface area (Å²) in [6, 6.07) is 22.6. The Bertz CT molecular complexity index is 2480. The quantitative estimate of drug-likeness (QED) is 0.130. The first-order chi connectivity index (χ1) is 28.9. The zero-order chi connectivity index (χ0) is 42.1. The molecule has 19 heteroatoms. The van der Waals surface area contributed by atoms with Gasteiger partial charge in [0.2, 0.25) is 11.9 Å². The van der Waals surface area contributed by atoms with Gasteiger partial charge in [-0.2, -0.15) is 23.1 Å². The van der Waals surface area contributed by atoms with Crippen LogP contribution in [0.1, 0.15) is 59.6 Å². The van der Waals surface area contributed by atoms with E-state index in [1.807, 2.05) is 65.6 Å². The molecule has 8 rings (SSSR count). The van der Waals surface area contributed by atoms with Gasteiger partial charge in [0.1, 0.15) is 11.6 Å². The summed E-state index contributed by atoms with van der Waals surface area (Å²) in [5.41, 5.74) is 4.49. The first-order valence-corrected chi connectivity index (χ1v) is 19.6. The number of alkyl halides is 3. The van der Waals surface area contributed by atoms with Gasteiger partial charge in [0, 0.05) is 50.6 Å². The van der Waals surface area contributed by atoms with Gasteiger partial charge >= 0.3 is 12.1 Å². The number of rotatable bonds is 12. The summed E-state index contributed by atoms with van der Waals surface area (Å²) in [4.78, 5) is 54.2. The maximum Gasteiger partial charge on any atom is 0.490 e. The topological polar surface area (TPSA) is 194 Å². The molecule has 0 bridgehead atoms. The Labute approximate surface area is 341 Å². The molecule has 4 heterocycles. The molecule has 6 aromatic rings. The Morgan fingerprint density at radius 3 is 2.38 bits per heavy atom. The number of nitrogens with one attached hydrogen (secondary N) is 3. The van der Waals surface area contributed by atoms with Crippen molar-refractivity contribution in [2.75, 3.05) is 29.9 Å². The SMILES string of the molecule is CCC(=O)N[C@H]1C[C@@H](n2cnc3c(NCC(c4ccccc4)c4ccccc4)nc(N4CC[C@@H](NC(=O)c5ccc6c(c5)nnn6C)C4)nc32)[C@H](O)[C@@H]1OC(=O)C(F)(F)F. The number of anilines is 2. The molecule has 5 atom stereocenters. The molecule has 1 aliphatic carbocycles. The van der Waals surface area contributed by atoms with Gasteiger partial charge in [0.25, 0.3) is 5.91 Å². The summed E-state index contributed by atoms with van der Waals surface area (Å²) in [5, 5.41) is 28.9. The van der Waals surface area contributed by atoms with E-state index in [2.05, 4.69) is 31.2 Å². The highest BCUT2D eigenvalue weighted by molar-refractivity contribution is 5.97. The number of hydrogen-bond acceptors (Lipinski definition) is 12. The van der Waals surface area contributed by atoms with E-state index in [1.165, 1.54) is 10.9 Å². The van der Waals surface area contributed by atoms with E-state index in [-0.39, 0.29) is 42.3 Å². The lowest BCUT2D eigenvalue weighted by molar-refractivity contribution is -0.209. The van der Waals surface area contributed by atoms with Gasteiger partial charge in [-0.05, 0) is 42.2 Å².